The first-order valence-corrected chi connectivity index (χ1v) is 8.45. The van der Waals surface area contributed by atoms with Gasteiger partial charge < -0.3 is 4.74 Å². The maximum Gasteiger partial charge on any atom is 0.276 e. The smallest absolute Gasteiger partial charge is 0.276 e. The summed E-state index contributed by atoms with van der Waals surface area (Å²) < 4.78 is 6.11. The van der Waals surface area contributed by atoms with Crippen LogP contribution in [0.15, 0.2) is 84.4 Å². The maximum absolute atomic E-state index is 13.2. The van der Waals surface area contributed by atoms with Gasteiger partial charge in [0.1, 0.15) is 5.75 Å². The van der Waals surface area contributed by atoms with Crippen LogP contribution in [0.4, 0.5) is 5.69 Å². The topological polar surface area (TPSA) is 69.4 Å². The summed E-state index contributed by atoms with van der Waals surface area (Å²) in [5.74, 6) is 0.319. The fourth-order valence-electron chi connectivity index (χ4n) is 3.18. The highest BCUT2D eigenvalue weighted by molar-refractivity contribution is 6.14. The quantitative estimate of drug-likeness (QED) is 0.376. The van der Waals surface area contributed by atoms with Gasteiger partial charge in [0, 0.05) is 11.6 Å². The first kappa shape index (κ1) is 16.7. The van der Waals surface area contributed by atoms with Crippen LogP contribution >= 0.6 is 0 Å². The lowest BCUT2D eigenvalue weighted by atomic mass is 9.89. The van der Waals surface area contributed by atoms with Crippen LogP contribution in [0.25, 0.3) is 6.08 Å². The molecule has 4 rings (SSSR count). The van der Waals surface area contributed by atoms with Gasteiger partial charge in [0.25, 0.3) is 5.69 Å². The second-order valence-corrected chi connectivity index (χ2v) is 6.15. The molecule has 1 atom stereocenters. The third-order valence-corrected chi connectivity index (χ3v) is 4.47. The number of Topliss-reactive ketones (excluding diaryl/α,β-unsaturated/α-hetero) is 1. The molecule has 27 heavy (non-hydrogen) atoms. The number of nitro benzene ring substituents is 1. The average molecular weight is 357 g/mol. The second-order valence-electron chi connectivity index (χ2n) is 6.15. The van der Waals surface area contributed by atoms with E-state index < -0.39 is 11.0 Å². The Balaban J connectivity index is 1.90. The molecule has 3 aromatic rings. The molecule has 0 N–H and O–H groups in total. The van der Waals surface area contributed by atoms with Gasteiger partial charge in [-0.05, 0) is 29.8 Å². The Kier molecular flexibility index (Phi) is 4.26. The maximum atomic E-state index is 13.2. The van der Waals surface area contributed by atoms with Gasteiger partial charge in [-0.15, -0.1) is 0 Å². The first-order valence-electron chi connectivity index (χ1n) is 8.45. The van der Waals surface area contributed by atoms with Crippen molar-refractivity contribution in [2.75, 3.05) is 0 Å². The van der Waals surface area contributed by atoms with Crippen molar-refractivity contribution >= 4 is 17.5 Å². The van der Waals surface area contributed by atoms with Gasteiger partial charge in [-0.1, -0.05) is 54.6 Å². The minimum atomic E-state index is -0.631. The molecule has 0 amide bonds. The first-order chi connectivity index (χ1) is 13.1. The molecule has 1 aliphatic heterocycles. The van der Waals surface area contributed by atoms with E-state index in [1.807, 2.05) is 36.4 Å². The van der Waals surface area contributed by atoms with Gasteiger partial charge >= 0.3 is 0 Å². The van der Waals surface area contributed by atoms with Crippen molar-refractivity contribution in [1.29, 1.82) is 0 Å². The zero-order valence-electron chi connectivity index (χ0n) is 14.2. The molecule has 5 nitrogen and oxygen atoms in total. The molecule has 5 heteroatoms. The second kappa shape index (κ2) is 6.88. The molecule has 0 radical (unpaired) electrons. The summed E-state index contributed by atoms with van der Waals surface area (Å²) in [6, 6.07) is 22.8. The molecule has 0 fully saturated rings. The van der Waals surface area contributed by atoms with Crippen LogP contribution in [0.2, 0.25) is 0 Å². The van der Waals surface area contributed by atoms with E-state index in [1.165, 1.54) is 6.07 Å². The summed E-state index contributed by atoms with van der Waals surface area (Å²) in [4.78, 5) is 24.1. The monoisotopic (exact) mass is 357 g/mol. The van der Waals surface area contributed by atoms with E-state index in [0.29, 0.717) is 22.4 Å². The number of rotatable bonds is 3. The highest BCUT2D eigenvalue weighted by Crippen LogP contribution is 2.39. The normalized spacial score (nSPS) is 17.3. The summed E-state index contributed by atoms with van der Waals surface area (Å²) in [6.45, 7) is 0. The van der Waals surface area contributed by atoms with Crippen LogP contribution in [0.1, 0.15) is 27.6 Å². The van der Waals surface area contributed by atoms with Crippen LogP contribution in [-0.4, -0.2) is 10.7 Å². The van der Waals surface area contributed by atoms with Crippen molar-refractivity contribution in [2.45, 2.75) is 6.10 Å². The Morgan fingerprint density at radius 3 is 2.33 bits per heavy atom. The van der Waals surface area contributed by atoms with E-state index >= 15 is 0 Å². The number of fused-ring (bicyclic) bond motifs is 1. The molecule has 3 aromatic carbocycles. The van der Waals surface area contributed by atoms with Crippen LogP contribution in [0.5, 0.6) is 5.75 Å². The van der Waals surface area contributed by atoms with Crippen molar-refractivity contribution in [3.8, 4) is 5.75 Å². The third kappa shape index (κ3) is 3.11. The van der Waals surface area contributed by atoms with Gasteiger partial charge in [-0.2, -0.15) is 0 Å². The summed E-state index contributed by atoms with van der Waals surface area (Å²) in [7, 11) is 0. The highest BCUT2D eigenvalue weighted by atomic mass is 16.6. The Hall–Kier alpha value is -3.73. The van der Waals surface area contributed by atoms with Crippen LogP contribution in [0.3, 0.4) is 0 Å². The number of hydrogen-bond donors (Lipinski definition) is 0. The summed E-state index contributed by atoms with van der Waals surface area (Å²) >= 11 is 0. The average Bonchev–Trinajstić information content (AvgIpc) is 2.71. The third-order valence-electron chi connectivity index (χ3n) is 4.47. The van der Waals surface area contributed by atoms with Crippen molar-refractivity contribution < 1.29 is 14.5 Å². The number of benzene rings is 3. The van der Waals surface area contributed by atoms with E-state index in [-0.39, 0.29) is 11.5 Å². The van der Waals surface area contributed by atoms with E-state index in [2.05, 4.69) is 0 Å². The van der Waals surface area contributed by atoms with Crippen LogP contribution < -0.4 is 4.74 Å². The summed E-state index contributed by atoms with van der Waals surface area (Å²) in [5.41, 5.74) is 1.95. The number of para-hydroxylation sites is 2. The summed E-state index contributed by atoms with van der Waals surface area (Å²) in [5, 5.41) is 11.4. The van der Waals surface area contributed by atoms with Gasteiger partial charge in [-0.3, -0.25) is 14.9 Å². The SMILES string of the molecule is O=C1/C(=C\c2ccccc2[N+](=O)[O-])[C@@H](c2ccccc2)Oc2ccccc21. The molecular weight excluding hydrogens is 342 g/mol. The predicted molar refractivity (Wildman–Crippen MR) is 102 cm³/mol. The Labute approximate surface area is 155 Å². The van der Waals surface area contributed by atoms with E-state index in [9.17, 15) is 14.9 Å². The van der Waals surface area contributed by atoms with Crippen LogP contribution in [0, 0.1) is 10.1 Å². The number of ether oxygens (including phenoxy) is 1. The Morgan fingerprint density at radius 1 is 0.889 bits per heavy atom. The minimum absolute atomic E-state index is 0.0523. The fraction of sp³-hybridized carbons (Fsp3) is 0.0455. The zero-order chi connectivity index (χ0) is 18.8. The molecular formula is C22H15NO4. The highest BCUT2D eigenvalue weighted by Gasteiger charge is 2.33. The zero-order valence-corrected chi connectivity index (χ0v) is 14.2. The van der Waals surface area contributed by atoms with Gasteiger partial charge in [0.15, 0.2) is 11.9 Å². The van der Waals surface area contributed by atoms with Crippen molar-refractivity contribution in [3.63, 3.8) is 0 Å². The molecule has 0 bridgehead atoms. The molecule has 1 heterocycles. The Morgan fingerprint density at radius 2 is 1.56 bits per heavy atom. The van der Waals surface area contributed by atoms with E-state index in [0.717, 1.165) is 5.56 Å². The fourth-order valence-corrected chi connectivity index (χ4v) is 3.18. The Bertz CT molecular complexity index is 1060. The summed E-state index contributed by atoms with van der Waals surface area (Å²) in [6.07, 6.45) is 0.932. The molecule has 0 saturated heterocycles. The molecule has 0 saturated carbocycles. The van der Waals surface area contributed by atoms with E-state index in [1.54, 1.807) is 42.5 Å². The molecule has 132 valence electrons. The van der Waals surface area contributed by atoms with Gasteiger partial charge in [-0.25, -0.2) is 0 Å². The van der Waals surface area contributed by atoms with Gasteiger partial charge in [0.2, 0.25) is 0 Å². The number of carbonyl (C=O) groups is 1. The molecule has 0 unspecified atom stereocenters. The molecule has 0 spiro atoms. The molecule has 0 aromatic heterocycles. The number of nitro groups is 1. The van der Waals surface area contributed by atoms with E-state index in [4.69, 9.17) is 4.74 Å². The van der Waals surface area contributed by atoms with Gasteiger partial charge in [0.05, 0.1) is 16.1 Å². The van der Waals surface area contributed by atoms with Crippen molar-refractivity contribution in [3.05, 3.63) is 111 Å². The molecule has 1 aliphatic rings. The number of nitrogens with zero attached hydrogens (tertiary/aromatic N) is 1. The lowest BCUT2D eigenvalue weighted by Gasteiger charge is -2.28. The minimum Gasteiger partial charge on any atom is -0.480 e. The van der Waals surface area contributed by atoms with Crippen LogP contribution in [-0.2, 0) is 0 Å². The predicted octanol–water partition coefficient (Wildman–Crippen LogP) is 4.99. The molecule has 0 aliphatic carbocycles. The number of ketones is 1. The number of carbonyl (C=O) groups excluding carboxylic acids is 1. The van der Waals surface area contributed by atoms with Crippen molar-refractivity contribution in [1.82, 2.24) is 0 Å². The number of hydrogen-bond acceptors (Lipinski definition) is 4. The largest absolute Gasteiger partial charge is 0.480 e. The lowest BCUT2D eigenvalue weighted by Crippen LogP contribution is -2.23. The standard InChI is InChI=1S/C22H15NO4/c24-21-17-11-5-7-13-20(17)27-22(15-8-2-1-3-9-15)18(21)14-16-10-4-6-12-19(16)23(25)26/h1-14,22H/b18-14+/t22-/m1/s1. The lowest BCUT2D eigenvalue weighted by molar-refractivity contribution is -0.385. The van der Waals surface area contributed by atoms with Crippen molar-refractivity contribution in [2.24, 2.45) is 0 Å².